The zero-order chi connectivity index (χ0) is 16.5. The van der Waals surface area contributed by atoms with Crippen LogP contribution in [0.2, 0.25) is 0 Å². The van der Waals surface area contributed by atoms with E-state index in [4.69, 9.17) is 4.84 Å². The lowest BCUT2D eigenvalue weighted by Gasteiger charge is -2.09. The van der Waals surface area contributed by atoms with Crippen molar-refractivity contribution in [1.82, 2.24) is 14.8 Å². The van der Waals surface area contributed by atoms with E-state index in [-0.39, 0.29) is 6.10 Å². The Balaban J connectivity index is 2.09. The van der Waals surface area contributed by atoms with E-state index in [1.165, 1.54) is 37.6 Å². The van der Waals surface area contributed by atoms with Gasteiger partial charge in [-0.1, -0.05) is 55.6 Å². The first-order chi connectivity index (χ1) is 11.2. The van der Waals surface area contributed by atoms with Crippen LogP contribution in [0, 0.1) is 0 Å². The van der Waals surface area contributed by atoms with Crippen LogP contribution in [0.4, 0.5) is 0 Å². The van der Waals surface area contributed by atoms with Crippen molar-refractivity contribution in [2.24, 2.45) is 5.16 Å². The van der Waals surface area contributed by atoms with Crippen LogP contribution in [-0.2, 0) is 11.3 Å². The maximum absolute atomic E-state index is 5.40. The molecule has 5 nitrogen and oxygen atoms in total. The van der Waals surface area contributed by atoms with Gasteiger partial charge in [0.05, 0.1) is 0 Å². The fourth-order valence-electron chi connectivity index (χ4n) is 2.28. The van der Waals surface area contributed by atoms with Crippen LogP contribution in [0.3, 0.4) is 0 Å². The number of unbranched alkanes of at least 4 members (excludes halogenated alkanes) is 3. The maximum atomic E-state index is 5.40. The van der Waals surface area contributed by atoms with E-state index < -0.39 is 0 Å². The highest BCUT2D eigenvalue weighted by Gasteiger charge is 2.09. The number of nitrogens with zero attached hydrogens (tertiary/aromatic N) is 4. The summed E-state index contributed by atoms with van der Waals surface area (Å²) in [5.74, 6) is 0.647. The smallest absolute Gasteiger partial charge is 0.201 e. The van der Waals surface area contributed by atoms with Crippen LogP contribution in [0.15, 0.2) is 42.1 Å². The van der Waals surface area contributed by atoms with Crippen molar-refractivity contribution in [2.75, 3.05) is 0 Å². The topological polar surface area (TPSA) is 52.3 Å². The molecule has 5 heteroatoms. The molecule has 124 valence electrons. The molecule has 0 atom stereocenters. The molecule has 0 aliphatic carbocycles. The van der Waals surface area contributed by atoms with Crippen molar-refractivity contribution >= 4 is 5.84 Å². The highest BCUT2D eigenvalue weighted by atomic mass is 16.6. The number of hydrogen-bond donors (Lipinski definition) is 0. The van der Waals surface area contributed by atoms with Crippen molar-refractivity contribution in [3.05, 3.63) is 48.0 Å². The molecule has 1 heterocycles. The SMILES string of the molecule is CCCCCCc1ccc(C(=NOC(C)C)n2cncn2)cc1. The van der Waals surface area contributed by atoms with Crippen LogP contribution >= 0.6 is 0 Å². The molecule has 1 aromatic heterocycles. The molecule has 1 aromatic carbocycles. The minimum absolute atomic E-state index is 0.0198. The summed E-state index contributed by atoms with van der Waals surface area (Å²) < 4.78 is 1.62. The summed E-state index contributed by atoms with van der Waals surface area (Å²) in [4.78, 5) is 9.39. The van der Waals surface area contributed by atoms with Crippen molar-refractivity contribution in [3.8, 4) is 0 Å². The number of rotatable bonds is 8. The monoisotopic (exact) mass is 314 g/mol. The van der Waals surface area contributed by atoms with Gasteiger partial charge in [-0.2, -0.15) is 9.78 Å². The number of benzene rings is 1. The molecular formula is C18H26N4O. The highest BCUT2D eigenvalue weighted by Crippen LogP contribution is 2.11. The van der Waals surface area contributed by atoms with Crippen LogP contribution in [-0.4, -0.2) is 26.7 Å². The van der Waals surface area contributed by atoms with Gasteiger partial charge in [0.25, 0.3) is 0 Å². The van der Waals surface area contributed by atoms with Gasteiger partial charge in [-0.15, -0.1) is 0 Å². The Kier molecular flexibility index (Phi) is 6.78. The van der Waals surface area contributed by atoms with Gasteiger partial charge in [-0.3, -0.25) is 0 Å². The molecule has 0 saturated heterocycles. The van der Waals surface area contributed by atoms with Crippen LogP contribution in [0.1, 0.15) is 57.6 Å². The van der Waals surface area contributed by atoms with Gasteiger partial charge in [0.15, 0.2) is 0 Å². The maximum Gasteiger partial charge on any atom is 0.201 e. The lowest BCUT2D eigenvalue weighted by atomic mass is 10.0. The molecule has 0 N–H and O–H groups in total. The number of aromatic nitrogens is 3. The number of aryl methyl sites for hydroxylation is 1. The summed E-state index contributed by atoms with van der Waals surface area (Å²) >= 11 is 0. The minimum Gasteiger partial charge on any atom is -0.391 e. The van der Waals surface area contributed by atoms with Crippen LogP contribution < -0.4 is 0 Å². The largest absolute Gasteiger partial charge is 0.391 e. The summed E-state index contributed by atoms with van der Waals surface area (Å²) in [6.45, 7) is 6.13. The Morgan fingerprint density at radius 2 is 1.96 bits per heavy atom. The molecule has 2 rings (SSSR count). The number of oxime groups is 1. The van der Waals surface area contributed by atoms with Gasteiger partial charge in [0, 0.05) is 5.56 Å². The quantitative estimate of drug-likeness (QED) is 0.320. The van der Waals surface area contributed by atoms with Gasteiger partial charge in [0.2, 0.25) is 5.84 Å². The van der Waals surface area contributed by atoms with Gasteiger partial charge in [-0.25, -0.2) is 4.98 Å². The third kappa shape index (κ3) is 5.51. The highest BCUT2D eigenvalue weighted by molar-refractivity contribution is 5.99. The molecule has 2 aromatic rings. The number of hydrogen-bond acceptors (Lipinski definition) is 4. The van der Waals surface area contributed by atoms with Crippen molar-refractivity contribution in [3.63, 3.8) is 0 Å². The molecule has 23 heavy (non-hydrogen) atoms. The molecule has 0 bridgehead atoms. The zero-order valence-electron chi connectivity index (χ0n) is 14.3. The molecule has 0 spiro atoms. The average molecular weight is 314 g/mol. The zero-order valence-corrected chi connectivity index (χ0v) is 14.3. The van der Waals surface area contributed by atoms with Gasteiger partial charge >= 0.3 is 0 Å². The first-order valence-electron chi connectivity index (χ1n) is 8.39. The molecule has 0 radical (unpaired) electrons. The second-order valence-corrected chi connectivity index (χ2v) is 5.92. The summed E-state index contributed by atoms with van der Waals surface area (Å²) in [6, 6.07) is 8.45. The summed E-state index contributed by atoms with van der Waals surface area (Å²) in [5, 5.41) is 8.39. The summed E-state index contributed by atoms with van der Waals surface area (Å²) in [7, 11) is 0. The van der Waals surface area contributed by atoms with Gasteiger partial charge < -0.3 is 4.84 Å². The molecular weight excluding hydrogens is 288 g/mol. The molecule has 0 aliphatic rings. The lowest BCUT2D eigenvalue weighted by molar-refractivity contribution is 0.0851. The standard InChI is InChI=1S/C18H26N4O/c1-4-5-6-7-8-16-9-11-17(12-10-16)18(21-23-15(2)3)22-14-19-13-20-22/h9-15H,4-8H2,1-3H3. The molecule has 0 fully saturated rings. The van der Waals surface area contributed by atoms with Crippen LogP contribution in [0.25, 0.3) is 0 Å². The van der Waals surface area contributed by atoms with Gasteiger partial charge in [0.1, 0.15) is 18.8 Å². The second-order valence-electron chi connectivity index (χ2n) is 5.92. The van der Waals surface area contributed by atoms with Crippen molar-refractivity contribution in [1.29, 1.82) is 0 Å². The Morgan fingerprint density at radius 1 is 1.17 bits per heavy atom. The Labute approximate surface area is 138 Å². The van der Waals surface area contributed by atoms with E-state index in [1.807, 2.05) is 13.8 Å². The first-order valence-corrected chi connectivity index (χ1v) is 8.39. The minimum atomic E-state index is 0.0198. The fraction of sp³-hybridized carbons (Fsp3) is 0.500. The normalized spacial score (nSPS) is 11.9. The molecule has 0 aliphatic heterocycles. The molecule has 0 amide bonds. The van der Waals surface area contributed by atoms with E-state index in [0.29, 0.717) is 5.84 Å². The first kappa shape index (κ1) is 17.2. The Hall–Kier alpha value is -2.17. The third-order valence-corrected chi connectivity index (χ3v) is 3.52. The van der Waals surface area contributed by atoms with E-state index in [2.05, 4.69) is 46.4 Å². The summed E-state index contributed by atoms with van der Waals surface area (Å²) in [6.07, 6.45) is 9.39. The Morgan fingerprint density at radius 3 is 2.57 bits per heavy atom. The third-order valence-electron chi connectivity index (χ3n) is 3.52. The second kappa shape index (κ2) is 9.08. The van der Waals surface area contributed by atoms with E-state index in [9.17, 15) is 0 Å². The average Bonchev–Trinajstić information content (AvgIpc) is 3.07. The summed E-state index contributed by atoms with van der Waals surface area (Å²) in [5.41, 5.74) is 2.32. The van der Waals surface area contributed by atoms with Crippen molar-refractivity contribution < 1.29 is 4.84 Å². The molecule has 0 saturated carbocycles. The van der Waals surface area contributed by atoms with E-state index in [0.717, 1.165) is 12.0 Å². The van der Waals surface area contributed by atoms with Crippen LogP contribution in [0.5, 0.6) is 0 Å². The Bertz CT molecular complexity index is 588. The van der Waals surface area contributed by atoms with Gasteiger partial charge in [-0.05, 0) is 32.3 Å². The predicted octanol–water partition coefficient (Wildman–Crippen LogP) is 4.04. The fourth-order valence-corrected chi connectivity index (χ4v) is 2.28. The lowest BCUT2D eigenvalue weighted by Crippen LogP contribution is -2.16. The van der Waals surface area contributed by atoms with Crippen molar-refractivity contribution in [2.45, 2.75) is 59.0 Å². The van der Waals surface area contributed by atoms with E-state index in [1.54, 1.807) is 11.0 Å². The van der Waals surface area contributed by atoms with E-state index >= 15 is 0 Å². The molecule has 0 unspecified atom stereocenters. The predicted molar refractivity (Wildman–Crippen MR) is 92.5 cm³/mol.